The Morgan fingerprint density at radius 3 is 2.48 bits per heavy atom. The van der Waals surface area contributed by atoms with Crippen LogP contribution in [0.15, 0.2) is 76.1 Å². The number of carbonyl (C=O) groups excluding carboxylic acids is 1. The number of anilines is 2. The van der Waals surface area contributed by atoms with Crippen molar-refractivity contribution >= 4 is 54.8 Å². The molecule has 3 aromatic carbocycles. The second kappa shape index (κ2) is 8.90. The maximum absolute atomic E-state index is 12.6. The fraction of sp³-hybridized carbons (Fsp3) is 0.136. The van der Waals surface area contributed by atoms with Crippen LogP contribution in [-0.4, -0.2) is 27.5 Å². The van der Waals surface area contributed by atoms with Crippen molar-refractivity contribution in [2.75, 3.05) is 22.8 Å². The van der Waals surface area contributed by atoms with Crippen LogP contribution in [0, 0.1) is 0 Å². The van der Waals surface area contributed by atoms with Crippen molar-refractivity contribution in [2.45, 2.75) is 11.3 Å². The molecule has 1 aliphatic heterocycles. The molecule has 0 saturated carbocycles. The molecule has 0 unspecified atom stereocenters. The molecule has 0 spiro atoms. The summed E-state index contributed by atoms with van der Waals surface area (Å²) in [4.78, 5) is 14.4. The summed E-state index contributed by atoms with van der Waals surface area (Å²) < 4.78 is 34.1. The molecular weight excluding hydrogens is 504 g/mol. The maximum atomic E-state index is 12.6. The summed E-state index contributed by atoms with van der Waals surface area (Å²) in [6, 6.07) is 18.1. The van der Waals surface area contributed by atoms with Gasteiger partial charge in [-0.05, 0) is 78.7 Å². The van der Waals surface area contributed by atoms with E-state index in [0.717, 1.165) is 22.1 Å². The molecule has 9 heteroatoms. The van der Waals surface area contributed by atoms with Crippen molar-refractivity contribution in [3.8, 4) is 5.75 Å². The Hall–Kier alpha value is -2.55. The molecule has 0 fully saturated rings. The Labute approximate surface area is 194 Å². The zero-order valence-electron chi connectivity index (χ0n) is 16.2. The van der Waals surface area contributed by atoms with E-state index in [-0.39, 0.29) is 17.4 Å². The third-order valence-corrected chi connectivity index (χ3v) is 6.97. The molecule has 1 heterocycles. The second-order valence-electron chi connectivity index (χ2n) is 6.94. The molecule has 0 aromatic heterocycles. The van der Waals surface area contributed by atoms with E-state index in [0.29, 0.717) is 23.0 Å². The first-order valence-electron chi connectivity index (χ1n) is 9.42. The van der Waals surface area contributed by atoms with E-state index < -0.39 is 10.0 Å². The van der Waals surface area contributed by atoms with Gasteiger partial charge in [0.2, 0.25) is 0 Å². The number of sulfonamides is 1. The number of nitrogens with zero attached hydrogens (tertiary/aromatic N) is 1. The molecule has 6 nitrogen and oxygen atoms in total. The Morgan fingerprint density at radius 1 is 1.06 bits per heavy atom. The number of benzene rings is 3. The minimum absolute atomic E-state index is 0.0835. The Kier molecular flexibility index (Phi) is 6.22. The van der Waals surface area contributed by atoms with Gasteiger partial charge in [0.25, 0.3) is 15.9 Å². The van der Waals surface area contributed by atoms with Crippen LogP contribution in [0.1, 0.15) is 5.56 Å². The third kappa shape index (κ3) is 5.03. The molecule has 0 aliphatic carbocycles. The van der Waals surface area contributed by atoms with E-state index in [4.69, 9.17) is 16.3 Å². The summed E-state index contributed by atoms with van der Waals surface area (Å²) in [7, 11) is -3.75. The quantitative estimate of drug-likeness (QED) is 0.502. The third-order valence-electron chi connectivity index (χ3n) is 4.83. The highest BCUT2D eigenvalue weighted by molar-refractivity contribution is 9.10. The largest absolute Gasteiger partial charge is 0.484 e. The molecule has 1 aliphatic rings. The van der Waals surface area contributed by atoms with Crippen molar-refractivity contribution in [2.24, 2.45) is 0 Å². The molecule has 160 valence electrons. The maximum Gasteiger partial charge on any atom is 0.264 e. The first-order valence-corrected chi connectivity index (χ1v) is 12.1. The Morgan fingerprint density at radius 2 is 1.77 bits per heavy atom. The average Bonchev–Trinajstić information content (AvgIpc) is 3.17. The summed E-state index contributed by atoms with van der Waals surface area (Å²) in [6.45, 7) is 0.478. The number of ether oxygens (including phenoxy) is 1. The van der Waals surface area contributed by atoms with Crippen molar-refractivity contribution in [3.63, 3.8) is 0 Å². The number of nitrogens with one attached hydrogen (secondary N) is 1. The molecule has 0 bridgehead atoms. The number of amides is 1. The van der Waals surface area contributed by atoms with Gasteiger partial charge >= 0.3 is 0 Å². The van der Waals surface area contributed by atoms with Crippen LogP contribution < -0.4 is 14.4 Å². The molecule has 0 radical (unpaired) electrons. The Bertz CT molecular complexity index is 1220. The fourth-order valence-corrected chi connectivity index (χ4v) is 4.89. The molecule has 31 heavy (non-hydrogen) atoms. The summed E-state index contributed by atoms with van der Waals surface area (Å²) in [5.41, 5.74) is 2.42. The van der Waals surface area contributed by atoms with E-state index >= 15 is 0 Å². The first kappa shape index (κ1) is 21.7. The highest BCUT2D eigenvalue weighted by Gasteiger charge is 2.25. The number of hydrogen-bond donors (Lipinski definition) is 1. The first-order chi connectivity index (χ1) is 14.8. The van der Waals surface area contributed by atoms with Gasteiger partial charge in [0, 0.05) is 27.4 Å². The second-order valence-corrected chi connectivity index (χ2v) is 9.98. The van der Waals surface area contributed by atoms with Crippen LogP contribution in [0.4, 0.5) is 11.4 Å². The number of rotatable bonds is 6. The van der Waals surface area contributed by atoms with Crippen LogP contribution in [0.3, 0.4) is 0 Å². The van der Waals surface area contributed by atoms with Crippen LogP contribution in [0.2, 0.25) is 5.02 Å². The lowest BCUT2D eigenvalue weighted by Gasteiger charge is -2.17. The van der Waals surface area contributed by atoms with Gasteiger partial charge in [-0.15, -0.1) is 0 Å². The monoisotopic (exact) mass is 520 g/mol. The van der Waals surface area contributed by atoms with Gasteiger partial charge < -0.3 is 9.64 Å². The predicted octanol–water partition coefficient (Wildman–Crippen LogP) is 4.87. The minimum Gasteiger partial charge on any atom is -0.484 e. The lowest BCUT2D eigenvalue weighted by Crippen LogP contribution is -2.33. The summed E-state index contributed by atoms with van der Waals surface area (Å²) >= 11 is 9.27. The van der Waals surface area contributed by atoms with E-state index in [1.165, 1.54) is 24.3 Å². The molecule has 1 amide bonds. The highest BCUT2D eigenvalue weighted by atomic mass is 79.9. The van der Waals surface area contributed by atoms with Crippen LogP contribution in [0.25, 0.3) is 0 Å². The van der Waals surface area contributed by atoms with Crippen molar-refractivity contribution in [1.82, 2.24) is 0 Å². The lowest BCUT2D eigenvalue weighted by atomic mass is 10.2. The zero-order valence-corrected chi connectivity index (χ0v) is 19.4. The fourth-order valence-electron chi connectivity index (χ4n) is 3.30. The number of carbonyl (C=O) groups is 1. The van der Waals surface area contributed by atoms with E-state index in [9.17, 15) is 13.2 Å². The van der Waals surface area contributed by atoms with Gasteiger partial charge in [0.05, 0.1) is 4.90 Å². The average molecular weight is 522 g/mol. The standard InChI is InChI=1S/C22H18BrClN2O4S/c23-16-1-10-21-15(13-16)11-12-26(21)22(27)14-30-19-6-8-20(9-7-19)31(28,29)25-18-4-2-17(24)3-5-18/h1-10,13,25H,11-12,14H2. The zero-order chi connectivity index (χ0) is 22.0. The number of fused-ring (bicyclic) bond motifs is 1. The van der Waals surface area contributed by atoms with Crippen LogP contribution >= 0.6 is 27.5 Å². The SMILES string of the molecule is O=C(COc1ccc(S(=O)(=O)Nc2ccc(Cl)cc2)cc1)N1CCc2cc(Br)ccc21. The molecule has 3 aromatic rings. The topological polar surface area (TPSA) is 75.7 Å². The molecular formula is C22H18BrClN2O4S. The summed E-state index contributed by atoms with van der Waals surface area (Å²) in [6.07, 6.45) is 0.799. The Balaban J connectivity index is 1.38. The van der Waals surface area contributed by atoms with E-state index in [1.807, 2.05) is 18.2 Å². The normalized spacial score (nSPS) is 13.0. The van der Waals surface area contributed by atoms with Gasteiger partial charge in [0.1, 0.15) is 5.75 Å². The van der Waals surface area contributed by atoms with Crippen LogP contribution in [0.5, 0.6) is 5.75 Å². The lowest BCUT2D eigenvalue weighted by molar-refractivity contribution is -0.120. The molecule has 4 rings (SSSR count). The van der Waals surface area contributed by atoms with Gasteiger partial charge in [-0.25, -0.2) is 8.42 Å². The van der Waals surface area contributed by atoms with Gasteiger partial charge in [-0.1, -0.05) is 27.5 Å². The minimum atomic E-state index is -3.75. The van der Waals surface area contributed by atoms with E-state index in [1.54, 1.807) is 29.2 Å². The highest BCUT2D eigenvalue weighted by Crippen LogP contribution is 2.30. The molecule has 1 N–H and O–H groups in total. The van der Waals surface area contributed by atoms with Gasteiger partial charge in [-0.2, -0.15) is 0 Å². The van der Waals surface area contributed by atoms with Gasteiger partial charge in [-0.3, -0.25) is 9.52 Å². The summed E-state index contributed by atoms with van der Waals surface area (Å²) in [5, 5.41) is 0.518. The van der Waals surface area contributed by atoms with Crippen LogP contribution in [-0.2, 0) is 21.2 Å². The van der Waals surface area contributed by atoms with Crippen molar-refractivity contribution < 1.29 is 17.9 Å². The number of halogens is 2. The van der Waals surface area contributed by atoms with E-state index in [2.05, 4.69) is 20.7 Å². The molecule has 0 atom stereocenters. The van der Waals surface area contributed by atoms with Gasteiger partial charge in [0.15, 0.2) is 6.61 Å². The predicted molar refractivity (Wildman–Crippen MR) is 124 cm³/mol. The van der Waals surface area contributed by atoms with Crippen molar-refractivity contribution in [3.05, 3.63) is 81.8 Å². The molecule has 0 saturated heterocycles. The number of hydrogen-bond acceptors (Lipinski definition) is 4. The summed E-state index contributed by atoms with van der Waals surface area (Å²) in [5.74, 6) is 0.260. The van der Waals surface area contributed by atoms with Crippen molar-refractivity contribution in [1.29, 1.82) is 0 Å². The smallest absolute Gasteiger partial charge is 0.264 e.